The zero-order valence-corrected chi connectivity index (χ0v) is 19.0. The topological polar surface area (TPSA) is 74.5 Å². The number of rotatable bonds is 9. The van der Waals surface area contributed by atoms with Crippen molar-refractivity contribution >= 4 is 32.9 Å². The molecule has 0 spiro atoms. The maximum Gasteiger partial charge on any atom is 0.329 e. The van der Waals surface area contributed by atoms with Crippen LogP contribution in [0, 0.1) is 0 Å². The number of methoxy groups -OCH3 is 2. The van der Waals surface area contributed by atoms with E-state index < -0.39 is 0 Å². The van der Waals surface area contributed by atoms with Gasteiger partial charge in [-0.2, -0.15) is 0 Å². The fraction of sp³-hybridized carbons (Fsp3) is 0.364. The minimum absolute atomic E-state index is 0.0107. The molecule has 7 nitrogen and oxygen atoms in total. The third-order valence-corrected chi connectivity index (χ3v) is 5.68. The summed E-state index contributed by atoms with van der Waals surface area (Å²) < 4.78 is 14.8. The Kier molecular flexibility index (Phi) is 7.20. The first-order chi connectivity index (χ1) is 14.5. The first-order valence-electron chi connectivity index (χ1n) is 9.85. The molecule has 0 unspecified atom stereocenters. The molecule has 0 radical (unpaired) electrons. The first kappa shape index (κ1) is 22.0. The van der Waals surface area contributed by atoms with Crippen molar-refractivity contribution in [2.24, 2.45) is 0 Å². The molecule has 1 N–H and O–H groups in total. The quantitative estimate of drug-likeness (QED) is 0.514. The van der Waals surface area contributed by atoms with Crippen molar-refractivity contribution in [2.45, 2.75) is 32.9 Å². The predicted molar refractivity (Wildman–Crippen MR) is 120 cm³/mol. The molecule has 0 aliphatic rings. The van der Waals surface area contributed by atoms with E-state index in [-0.39, 0.29) is 18.1 Å². The highest BCUT2D eigenvalue weighted by Gasteiger charge is 2.15. The fourth-order valence-corrected chi connectivity index (χ4v) is 4.01. The molecule has 2 aromatic carbocycles. The number of ether oxygens (including phenoxy) is 2. The summed E-state index contributed by atoms with van der Waals surface area (Å²) in [5.74, 6) is 1.07. The number of hydrogen-bond acceptors (Lipinski definition) is 4. The van der Waals surface area contributed by atoms with Gasteiger partial charge in [0.25, 0.3) is 0 Å². The smallest absolute Gasteiger partial charge is 0.329 e. The Balaban J connectivity index is 1.69. The van der Waals surface area contributed by atoms with E-state index >= 15 is 0 Å². The van der Waals surface area contributed by atoms with Gasteiger partial charge in [0.05, 0.1) is 25.3 Å². The van der Waals surface area contributed by atoms with Gasteiger partial charge in [0.15, 0.2) is 11.5 Å². The third-order valence-electron chi connectivity index (χ3n) is 4.94. The Bertz CT molecular complexity index is 1100. The standard InChI is InChI=1S/C22H26BrN3O4/c1-4-11-25-17-7-5-6-8-18(17)26(22(25)28)14-21(27)24-10-9-15-12-19(29-2)20(30-3)13-16(15)23/h5-8,12-13H,4,9-11,14H2,1-3H3,(H,24,27). The first-order valence-corrected chi connectivity index (χ1v) is 10.6. The highest BCUT2D eigenvalue weighted by molar-refractivity contribution is 9.10. The van der Waals surface area contributed by atoms with Gasteiger partial charge in [0.2, 0.25) is 5.91 Å². The summed E-state index contributed by atoms with van der Waals surface area (Å²) in [5.41, 5.74) is 2.46. The summed E-state index contributed by atoms with van der Waals surface area (Å²) in [5, 5.41) is 2.91. The van der Waals surface area contributed by atoms with Crippen molar-refractivity contribution in [1.82, 2.24) is 14.5 Å². The lowest BCUT2D eigenvalue weighted by molar-refractivity contribution is -0.121. The maximum atomic E-state index is 12.8. The average Bonchev–Trinajstić information content (AvgIpc) is 3.01. The minimum Gasteiger partial charge on any atom is -0.493 e. The molecule has 0 fully saturated rings. The summed E-state index contributed by atoms with van der Waals surface area (Å²) in [7, 11) is 3.17. The van der Waals surface area contributed by atoms with Crippen LogP contribution in [0.4, 0.5) is 0 Å². The number of fused-ring (bicyclic) bond motifs is 1. The second-order valence-corrected chi connectivity index (χ2v) is 7.76. The van der Waals surface area contributed by atoms with Crippen LogP contribution < -0.4 is 20.5 Å². The van der Waals surface area contributed by atoms with Crippen LogP contribution in [0.3, 0.4) is 0 Å². The number of benzene rings is 2. The summed E-state index contributed by atoms with van der Waals surface area (Å²) >= 11 is 3.53. The van der Waals surface area contributed by atoms with Crippen molar-refractivity contribution < 1.29 is 14.3 Å². The third kappa shape index (κ3) is 4.53. The molecule has 30 heavy (non-hydrogen) atoms. The number of amides is 1. The molecular weight excluding hydrogens is 450 g/mol. The number of halogens is 1. The number of hydrogen-bond donors (Lipinski definition) is 1. The maximum absolute atomic E-state index is 12.8. The number of carbonyl (C=O) groups excluding carboxylic acids is 1. The monoisotopic (exact) mass is 475 g/mol. The van der Waals surface area contributed by atoms with E-state index in [9.17, 15) is 9.59 Å². The van der Waals surface area contributed by atoms with E-state index in [4.69, 9.17) is 9.47 Å². The van der Waals surface area contributed by atoms with Crippen molar-refractivity contribution in [2.75, 3.05) is 20.8 Å². The Hall–Kier alpha value is -2.74. The van der Waals surface area contributed by atoms with E-state index in [1.54, 1.807) is 18.8 Å². The molecule has 0 saturated heterocycles. The lowest BCUT2D eigenvalue weighted by Gasteiger charge is -2.12. The van der Waals surface area contributed by atoms with Gasteiger partial charge in [-0.15, -0.1) is 0 Å². The number of imidazole rings is 1. The largest absolute Gasteiger partial charge is 0.493 e. The van der Waals surface area contributed by atoms with Crippen LogP contribution in [0.5, 0.6) is 11.5 Å². The molecule has 0 aliphatic carbocycles. The van der Waals surface area contributed by atoms with E-state index in [1.165, 1.54) is 4.57 Å². The van der Waals surface area contributed by atoms with Gasteiger partial charge >= 0.3 is 5.69 Å². The molecular formula is C22H26BrN3O4. The number of aromatic nitrogens is 2. The Morgan fingerprint density at radius 3 is 2.33 bits per heavy atom. The lowest BCUT2D eigenvalue weighted by Crippen LogP contribution is -2.34. The minimum atomic E-state index is -0.201. The fourth-order valence-electron chi connectivity index (χ4n) is 3.49. The Morgan fingerprint density at radius 2 is 1.70 bits per heavy atom. The van der Waals surface area contributed by atoms with Crippen LogP contribution in [-0.4, -0.2) is 35.8 Å². The zero-order valence-electron chi connectivity index (χ0n) is 17.4. The van der Waals surface area contributed by atoms with Crippen molar-refractivity contribution in [3.63, 3.8) is 0 Å². The molecule has 8 heteroatoms. The predicted octanol–water partition coefficient (Wildman–Crippen LogP) is 3.35. The summed E-state index contributed by atoms with van der Waals surface area (Å²) in [6, 6.07) is 11.3. The van der Waals surface area contributed by atoms with Crippen LogP contribution in [-0.2, 0) is 24.3 Å². The number of aryl methyl sites for hydroxylation is 1. The molecule has 1 aromatic heterocycles. The summed E-state index contributed by atoms with van der Waals surface area (Å²) in [6.07, 6.45) is 1.46. The summed E-state index contributed by atoms with van der Waals surface area (Å²) in [6.45, 7) is 3.08. The number of carbonyl (C=O) groups is 1. The molecule has 160 valence electrons. The number of nitrogens with zero attached hydrogens (tertiary/aromatic N) is 2. The highest BCUT2D eigenvalue weighted by atomic mass is 79.9. The van der Waals surface area contributed by atoms with Crippen molar-refractivity contribution in [1.29, 1.82) is 0 Å². The Morgan fingerprint density at radius 1 is 1.07 bits per heavy atom. The van der Waals surface area contributed by atoms with Crippen molar-refractivity contribution in [3.05, 3.63) is 56.9 Å². The number of para-hydroxylation sites is 2. The van der Waals surface area contributed by atoms with E-state index in [0.29, 0.717) is 31.0 Å². The van der Waals surface area contributed by atoms with Gasteiger partial charge in [-0.3, -0.25) is 13.9 Å². The Labute approximate surface area is 183 Å². The van der Waals surface area contributed by atoms with Gasteiger partial charge in [-0.25, -0.2) is 4.79 Å². The van der Waals surface area contributed by atoms with E-state index in [0.717, 1.165) is 27.5 Å². The molecule has 1 heterocycles. The zero-order chi connectivity index (χ0) is 21.7. The second-order valence-electron chi connectivity index (χ2n) is 6.91. The average molecular weight is 476 g/mol. The lowest BCUT2D eigenvalue weighted by atomic mass is 10.1. The number of nitrogens with one attached hydrogen (secondary N) is 1. The molecule has 0 atom stereocenters. The van der Waals surface area contributed by atoms with Gasteiger partial charge < -0.3 is 14.8 Å². The van der Waals surface area contributed by atoms with Crippen LogP contribution in [0.15, 0.2) is 45.7 Å². The van der Waals surface area contributed by atoms with Gasteiger partial charge in [0.1, 0.15) is 6.54 Å². The normalized spacial score (nSPS) is 10.9. The van der Waals surface area contributed by atoms with Gasteiger partial charge in [0, 0.05) is 17.6 Å². The van der Waals surface area contributed by atoms with E-state index in [2.05, 4.69) is 21.2 Å². The summed E-state index contributed by atoms with van der Waals surface area (Å²) in [4.78, 5) is 25.3. The van der Waals surface area contributed by atoms with Gasteiger partial charge in [-0.1, -0.05) is 35.0 Å². The molecule has 0 bridgehead atoms. The SMILES string of the molecule is CCCn1c(=O)n(CC(=O)NCCc2cc(OC)c(OC)cc2Br)c2ccccc21. The van der Waals surface area contributed by atoms with Crippen LogP contribution in [0.2, 0.25) is 0 Å². The molecule has 0 saturated carbocycles. The highest BCUT2D eigenvalue weighted by Crippen LogP contribution is 2.33. The van der Waals surface area contributed by atoms with Crippen LogP contribution >= 0.6 is 15.9 Å². The second kappa shape index (κ2) is 9.84. The van der Waals surface area contributed by atoms with Crippen LogP contribution in [0.25, 0.3) is 11.0 Å². The molecule has 3 aromatic rings. The van der Waals surface area contributed by atoms with Crippen molar-refractivity contribution in [3.8, 4) is 11.5 Å². The molecule has 0 aliphatic heterocycles. The molecule has 1 amide bonds. The molecule has 3 rings (SSSR count). The van der Waals surface area contributed by atoms with Gasteiger partial charge in [-0.05, 0) is 42.7 Å². The van der Waals surface area contributed by atoms with E-state index in [1.807, 2.05) is 43.3 Å². The van der Waals surface area contributed by atoms with Crippen LogP contribution in [0.1, 0.15) is 18.9 Å².